The van der Waals surface area contributed by atoms with E-state index >= 15 is 0 Å². The van der Waals surface area contributed by atoms with Crippen molar-refractivity contribution in [2.45, 2.75) is 32.2 Å². The van der Waals surface area contributed by atoms with Crippen molar-refractivity contribution < 1.29 is 23.8 Å². The van der Waals surface area contributed by atoms with Gasteiger partial charge in [0.15, 0.2) is 11.5 Å². The largest absolute Gasteiger partial charge is 0.493 e. The van der Waals surface area contributed by atoms with Gasteiger partial charge < -0.3 is 24.0 Å². The van der Waals surface area contributed by atoms with Crippen molar-refractivity contribution in [2.24, 2.45) is 0 Å². The molecule has 2 aromatic rings. The van der Waals surface area contributed by atoms with Crippen molar-refractivity contribution >= 4 is 17.9 Å². The van der Waals surface area contributed by atoms with Crippen LogP contribution >= 0.6 is 0 Å². The number of hydrogen-bond donors (Lipinski definition) is 0. The Kier molecular flexibility index (Phi) is 10.6. The molecule has 0 radical (unpaired) electrons. The van der Waals surface area contributed by atoms with Crippen molar-refractivity contribution in [2.75, 3.05) is 61.6 Å². The number of benzene rings is 2. The SMILES string of the molecule is COc1cc(C(=O)N(CCCN2CCCC2C(=O)N(C)C)C/C(C)=C\c2ccccc2)cc(OC)c1OC. The molecule has 0 N–H and O–H groups in total. The summed E-state index contributed by atoms with van der Waals surface area (Å²) in [6, 6.07) is 13.4. The zero-order chi connectivity index (χ0) is 27.7. The van der Waals surface area contributed by atoms with E-state index in [1.165, 1.54) is 14.2 Å². The highest BCUT2D eigenvalue weighted by atomic mass is 16.5. The number of likely N-dealkylation sites (tertiary alicyclic amines) is 1. The number of ether oxygens (including phenoxy) is 3. The molecule has 1 heterocycles. The van der Waals surface area contributed by atoms with Crippen molar-refractivity contribution in [3.63, 3.8) is 0 Å². The smallest absolute Gasteiger partial charge is 0.254 e. The van der Waals surface area contributed by atoms with Crippen LogP contribution in [0.15, 0.2) is 48.0 Å². The lowest BCUT2D eigenvalue weighted by Gasteiger charge is -2.28. The molecule has 0 aliphatic carbocycles. The van der Waals surface area contributed by atoms with E-state index < -0.39 is 0 Å². The minimum atomic E-state index is -0.118. The molecule has 8 nitrogen and oxygen atoms in total. The maximum absolute atomic E-state index is 13.8. The van der Waals surface area contributed by atoms with Crippen LogP contribution in [0.4, 0.5) is 0 Å². The standard InChI is InChI=1S/C30H41N3O5/c1-22(18-23-12-8-7-9-13-23)21-33(17-11-16-32-15-10-14-25(32)30(35)31(2)3)29(34)24-19-26(36-4)28(38-6)27(20-24)37-5/h7-9,12-13,18-20,25H,10-11,14-17,21H2,1-6H3/b22-18-. The van der Waals surface area contributed by atoms with Gasteiger partial charge in [0, 0.05) is 39.3 Å². The van der Waals surface area contributed by atoms with Crippen LogP contribution in [-0.2, 0) is 4.79 Å². The molecule has 1 aliphatic heterocycles. The van der Waals surface area contributed by atoms with Crippen molar-refractivity contribution in [3.05, 3.63) is 59.2 Å². The van der Waals surface area contributed by atoms with Crippen LogP contribution in [0.5, 0.6) is 17.2 Å². The van der Waals surface area contributed by atoms with Gasteiger partial charge in [-0.15, -0.1) is 0 Å². The molecule has 0 bridgehead atoms. The van der Waals surface area contributed by atoms with E-state index in [4.69, 9.17) is 14.2 Å². The van der Waals surface area contributed by atoms with Gasteiger partial charge in [0.05, 0.1) is 27.4 Å². The van der Waals surface area contributed by atoms with E-state index in [2.05, 4.69) is 11.0 Å². The number of methoxy groups -OCH3 is 3. The fourth-order valence-corrected chi connectivity index (χ4v) is 4.96. The molecule has 1 aliphatic rings. The predicted octanol–water partition coefficient (Wildman–Crippen LogP) is 4.20. The summed E-state index contributed by atoms with van der Waals surface area (Å²) in [7, 11) is 8.23. The Labute approximate surface area is 226 Å². The van der Waals surface area contributed by atoms with Crippen molar-refractivity contribution in [3.8, 4) is 17.2 Å². The van der Waals surface area contributed by atoms with E-state index in [-0.39, 0.29) is 17.9 Å². The maximum Gasteiger partial charge on any atom is 0.254 e. The van der Waals surface area contributed by atoms with Gasteiger partial charge in [0.1, 0.15) is 0 Å². The predicted molar refractivity (Wildman–Crippen MR) is 150 cm³/mol. The average Bonchev–Trinajstić information content (AvgIpc) is 3.39. The molecule has 206 valence electrons. The van der Waals surface area contributed by atoms with Gasteiger partial charge in [-0.2, -0.15) is 0 Å². The Morgan fingerprint density at radius 2 is 1.68 bits per heavy atom. The highest BCUT2D eigenvalue weighted by molar-refractivity contribution is 5.96. The van der Waals surface area contributed by atoms with Gasteiger partial charge in [0.25, 0.3) is 5.91 Å². The van der Waals surface area contributed by atoms with Crippen LogP contribution < -0.4 is 14.2 Å². The number of nitrogens with zero attached hydrogens (tertiary/aromatic N) is 3. The normalized spacial score (nSPS) is 15.7. The highest BCUT2D eigenvalue weighted by Gasteiger charge is 2.31. The van der Waals surface area contributed by atoms with E-state index in [1.54, 1.807) is 38.2 Å². The van der Waals surface area contributed by atoms with E-state index in [1.807, 2.05) is 42.2 Å². The maximum atomic E-state index is 13.8. The van der Waals surface area contributed by atoms with Gasteiger partial charge in [-0.25, -0.2) is 0 Å². The second-order valence-corrected chi connectivity index (χ2v) is 9.82. The van der Waals surface area contributed by atoms with E-state index in [0.29, 0.717) is 35.9 Å². The first-order valence-corrected chi connectivity index (χ1v) is 13.1. The number of likely N-dealkylation sites (N-methyl/N-ethyl adjacent to an activating group) is 1. The van der Waals surface area contributed by atoms with Gasteiger partial charge >= 0.3 is 0 Å². The first-order valence-electron chi connectivity index (χ1n) is 13.1. The summed E-state index contributed by atoms with van der Waals surface area (Å²) in [5.74, 6) is 1.35. The number of rotatable bonds is 12. The third-order valence-corrected chi connectivity index (χ3v) is 6.81. The van der Waals surface area contributed by atoms with Gasteiger partial charge in [-0.1, -0.05) is 42.0 Å². The monoisotopic (exact) mass is 523 g/mol. The Morgan fingerprint density at radius 3 is 2.26 bits per heavy atom. The molecule has 1 fully saturated rings. The summed E-state index contributed by atoms with van der Waals surface area (Å²) >= 11 is 0. The molecule has 38 heavy (non-hydrogen) atoms. The lowest BCUT2D eigenvalue weighted by molar-refractivity contribution is -0.133. The highest BCUT2D eigenvalue weighted by Crippen LogP contribution is 2.38. The van der Waals surface area contributed by atoms with Crippen molar-refractivity contribution in [1.82, 2.24) is 14.7 Å². The molecular weight excluding hydrogens is 482 g/mol. The molecule has 1 saturated heterocycles. The number of carbonyl (C=O) groups is 2. The fourth-order valence-electron chi connectivity index (χ4n) is 4.96. The number of carbonyl (C=O) groups excluding carboxylic acids is 2. The van der Waals surface area contributed by atoms with E-state index in [9.17, 15) is 9.59 Å². The van der Waals surface area contributed by atoms with E-state index in [0.717, 1.165) is 43.5 Å². The second kappa shape index (κ2) is 13.9. The number of amides is 2. The Hall–Kier alpha value is -3.52. The van der Waals surface area contributed by atoms with Crippen LogP contribution in [0, 0.1) is 0 Å². The Morgan fingerprint density at radius 1 is 1.03 bits per heavy atom. The third-order valence-electron chi connectivity index (χ3n) is 6.81. The Balaban J connectivity index is 1.82. The molecule has 0 aromatic heterocycles. The van der Waals surface area contributed by atoms with Gasteiger partial charge in [-0.05, 0) is 50.4 Å². The van der Waals surface area contributed by atoms with Crippen LogP contribution in [0.1, 0.15) is 42.1 Å². The summed E-state index contributed by atoms with van der Waals surface area (Å²) in [4.78, 5) is 32.2. The first kappa shape index (κ1) is 29.0. The molecule has 0 spiro atoms. The van der Waals surface area contributed by atoms with Gasteiger partial charge in [0.2, 0.25) is 11.7 Å². The summed E-state index contributed by atoms with van der Waals surface area (Å²) in [6.45, 7) is 4.72. The lowest BCUT2D eigenvalue weighted by Crippen LogP contribution is -2.43. The molecular formula is C30H41N3O5. The lowest BCUT2D eigenvalue weighted by atomic mass is 10.1. The summed E-state index contributed by atoms with van der Waals surface area (Å²) in [5.41, 5.74) is 2.62. The summed E-state index contributed by atoms with van der Waals surface area (Å²) in [6.07, 6.45) is 4.75. The minimum Gasteiger partial charge on any atom is -0.493 e. The number of hydrogen-bond acceptors (Lipinski definition) is 6. The van der Waals surface area contributed by atoms with Gasteiger partial charge in [-0.3, -0.25) is 14.5 Å². The summed E-state index contributed by atoms with van der Waals surface area (Å²) in [5, 5.41) is 0. The zero-order valence-corrected chi connectivity index (χ0v) is 23.5. The fraction of sp³-hybridized carbons (Fsp3) is 0.467. The molecule has 2 aromatic carbocycles. The topological polar surface area (TPSA) is 71.6 Å². The molecule has 2 amide bonds. The van der Waals surface area contributed by atoms with Crippen LogP contribution in [0.25, 0.3) is 6.08 Å². The second-order valence-electron chi connectivity index (χ2n) is 9.82. The zero-order valence-electron chi connectivity index (χ0n) is 23.5. The van der Waals surface area contributed by atoms with Crippen LogP contribution in [0.3, 0.4) is 0 Å². The van der Waals surface area contributed by atoms with Crippen molar-refractivity contribution in [1.29, 1.82) is 0 Å². The quantitative estimate of drug-likeness (QED) is 0.415. The Bertz CT molecular complexity index is 1090. The molecule has 1 atom stereocenters. The van der Waals surface area contributed by atoms with Crippen LogP contribution in [-0.4, -0.2) is 94.2 Å². The minimum absolute atomic E-state index is 0.0797. The molecule has 8 heteroatoms. The third kappa shape index (κ3) is 7.28. The molecule has 0 saturated carbocycles. The summed E-state index contributed by atoms with van der Waals surface area (Å²) < 4.78 is 16.4. The average molecular weight is 524 g/mol. The first-order chi connectivity index (χ1) is 18.3. The van der Waals surface area contributed by atoms with Crippen LogP contribution in [0.2, 0.25) is 0 Å². The molecule has 3 rings (SSSR count). The molecule has 1 unspecified atom stereocenters.